The Hall–Kier alpha value is -1.67. The van der Waals surface area contributed by atoms with Crippen molar-refractivity contribution in [1.82, 2.24) is 4.90 Å². The number of carbonyl (C=O) groups is 1. The van der Waals surface area contributed by atoms with Gasteiger partial charge < -0.3 is 9.80 Å². The fourth-order valence-electron chi connectivity index (χ4n) is 2.66. The lowest BCUT2D eigenvalue weighted by Crippen LogP contribution is -2.62. The van der Waals surface area contributed by atoms with E-state index in [2.05, 4.69) is 6.07 Å². The molecule has 1 aromatic rings. The van der Waals surface area contributed by atoms with Crippen LogP contribution in [0.2, 0.25) is 0 Å². The third-order valence-electron chi connectivity index (χ3n) is 3.83. The Morgan fingerprint density at radius 3 is 2.65 bits per heavy atom. The number of likely N-dealkylation sites (N-methyl/N-ethyl adjacent to an activating group) is 1. The van der Waals surface area contributed by atoms with Gasteiger partial charge in [0.1, 0.15) is 11.6 Å². The van der Waals surface area contributed by atoms with Gasteiger partial charge in [-0.05, 0) is 32.2 Å². The molecule has 1 heterocycles. The lowest BCUT2D eigenvalue weighted by atomic mass is 9.95. The molecule has 0 saturated carbocycles. The summed E-state index contributed by atoms with van der Waals surface area (Å²) >= 11 is 1.56. The first-order valence-corrected chi connectivity index (χ1v) is 7.76. The van der Waals surface area contributed by atoms with Crippen LogP contribution in [0.4, 0.5) is 5.69 Å². The molecule has 4 nitrogen and oxygen atoms in total. The molecule has 1 aliphatic heterocycles. The summed E-state index contributed by atoms with van der Waals surface area (Å²) in [6, 6.07) is 8.11. The molecule has 0 bridgehead atoms. The highest BCUT2D eigenvalue weighted by molar-refractivity contribution is 7.98. The van der Waals surface area contributed by atoms with Crippen molar-refractivity contribution in [2.45, 2.75) is 24.3 Å². The molecule has 0 spiro atoms. The van der Waals surface area contributed by atoms with Crippen LogP contribution in [0.5, 0.6) is 0 Å². The highest BCUT2D eigenvalue weighted by atomic mass is 32.2. The first-order valence-electron chi connectivity index (χ1n) is 6.53. The number of benzene rings is 1. The SMILES string of the molecule is CSc1cccc(N2CCN(C)C(=O)C2(C)C)c1C#N. The maximum atomic E-state index is 12.4. The van der Waals surface area contributed by atoms with Crippen LogP contribution in [0, 0.1) is 11.3 Å². The molecule has 2 rings (SSSR count). The van der Waals surface area contributed by atoms with Crippen LogP contribution >= 0.6 is 11.8 Å². The van der Waals surface area contributed by atoms with E-state index >= 15 is 0 Å². The van der Waals surface area contributed by atoms with E-state index in [1.165, 1.54) is 0 Å². The van der Waals surface area contributed by atoms with Crippen molar-refractivity contribution < 1.29 is 4.79 Å². The number of anilines is 1. The first-order chi connectivity index (χ1) is 9.43. The van der Waals surface area contributed by atoms with Crippen LogP contribution < -0.4 is 4.90 Å². The fraction of sp³-hybridized carbons (Fsp3) is 0.467. The molecule has 106 valence electrons. The Kier molecular flexibility index (Phi) is 3.96. The smallest absolute Gasteiger partial charge is 0.247 e. The minimum absolute atomic E-state index is 0.0854. The molecule has 0 N–H and O–H groups in total. The van der Waals surface area contributed by atoms with Crippen LogP contribution in [0.15, 0.2) is 23.1 Å². The molecule has 1 aromatic carbocycles. The number of thioether (sulfide) groups is 1. The van der Waals surface area contributed by atoms with Crippen molar-refractivity contribution in [3.05, 3.63) is 23.8 Å². The lowest BCUT2D eigenvalue weighted by molar-refractivity contribution is -0.136. The zero-order valence-electron chi connectivity index (χ0n) is 12.3. The average Bonchev–Trinajstić information content (AvgIpc) is 2.44. The second-order valence-corrected chi connectivity index (χ2v) is 6.25. The maximum Gasteiger partial charge on any atom is 0.247 e. The second kappa shape index (κ2) is 5.37. The average molecular weight is 289 g/mol. The predicted octanol–water partition coefficient (Wildman–Crippen LogP) is 2.34. The van der Waals surface area contributed by atoms with E-state index in [1.807, 2.05) is 50.2 Å². The standard InChI is InChI=1S/C15H19N3OS/c1-15(2)14(19)17(3)8-9-18(15)12-6-5-7-13(20-4)11(12)10-16/h5-7H,8-9H2,1-4H3. The zero-order valence-corrected chi connectivity index (χ0v) is 13.1. The summed E-state index contributed by atoms with van der Waals surface area (Å²) in [6.45, 7) is 5.24. The van der Waals surface area contributed by atoms with Crippen molar-refractivity contribution in [3.63, 3.8) is 0 Å². The Morgan fingerprint density at radius 2 is 2.05 bits per heavy atom. The van der Waals surface area contributed by atoms with Gasteiger partial charge in [-0.3, -0.25) is 4.79 Å². The molecule has 20 heavy (non-hydrogen) atoms. The topological polar surface area (TPSA) is 47.3 Å². The number of nitriles is 1. The number of nitrogens with zero attached hydrogens (tertiary/aromatic N) is 3. The van der Waals surface area contributed by atoms with Crippen LogP contribution in [0.3, 0.4) is 0 Å². The Balaban J connectivity index is 2.52. The Morgan fingerprint density at radius 1 is 1.35 bits per heavy atom. The zero-order chi connectivity index (χ0) is 14.9. The van der Waals surface area contributed by atoms with Gasteiger partial charge in [-0.15, -0.1) is 11.8 Å². The van der Waals surface area contributed by atoms with Crippen molar-refractivity contribution in [3.8, 4) is 6.07 Å². The van der Waals surface area contributed by atoms with E-state index in [9.17, 15) is 10.1 Å². The molecular formula is C15H19N3OS. The fourth-order valence-corrected chi connectivity index (χ4v) is 3.23. The van der Waals surface area contributed by atoms with E-state index in [-0.39, 0.29) is 5.91 Å². The van der Waals surface area contributed by atoms with E-state index in [0.29, 0.717) is 12.1 Å². The molecule has 0 aromatic heterocycles. The van der Waals surface area contributed by atoms with Crippen molar-refractivity contribution in [2.75, 3.05) is 31.3 Å². The molecule has 1 fully saturated rings. The summed E-state index contributed by atoms with van der Waals surface area (Å²) in [5, 5.41) is 9.46. The van der Waals surface area contributed by atoms with Gasteiger partial charge in [-0.2, -0.15) is 5.26 Å². The van der Waals surface area contributed by atoms with Gasteiger partial charge in [0.2, 0.25) is 5.91 Å². The monoisotopic (exact) mass is 289 g/mol. The number of carbonyl (C=O) groups excluding carboxylic acids is 1. The second-order valence-electron chi connectivity index (χ2n) is 5.40. The summed E-state index contributed by atoms with van der Waals surface area (Å²) in [6.07, 6.45) is 1.96. The van der Waals surface area contributed by atoms with Crippen LogP contribution in [0.1, 0.15) is 19.4 Å². The Bertz CT molecular complexity index is 577. The summed E-state index contributed by atoms with van der Waals surface area (Å²) in [7, 11) is 1.82. The van der Waals surface area contributed by atoms with Crippen molar-refractivity contribution in [1.29, 1.82) is 5.26 Å². The number of piperazine rings is 1. The highest BCUT2D eigenvalue weighted by Crippen LogP contribution is 2.34. The van der Waals surface area contributed by atoms with Gasteiger partial charge in [0.25, 0.3) is 0 Å². The van der Waals surface area contributed by atoms with E-state index < -0.39 is 5.54 Å². The quantitative estimate of drug-likeness (QED) is 0.784. The molecule has 0 atom stereocenters. The summed E-state index contributed by atoms with van der Waals surface area (Å²) < 4.78 is 0. The number of rotatable bonds is 2. The summed E-state index contributed by atoms with van der Waals surface area (Å²) in [5.74, 6) is 0.0854. The van der Waals surface area contributed by atoms with Crippen molar-refractivity contribution >= 4 is 23.4 Å². The van der Waals surface area contributed by atoms with Crippen LogP contribution in [-0.2, 0) is 4.79 Å². The molecule has 1 saturated heterocycles. The molecule has 0 unspecified atom stereocenters. The molecule has 0 aliphatic carbocycles. The lowest BCUT2D eigenvalue weighted by Gasteiger charge is -2.46. The molecular weight excluding hydrogens is 270 g/mol. The molecule has 5 heteroatoms. The summed E-state index contributed by atoms with van der Waals surface area (Å²) in [5.41, 5.74) is 0.881. The number of hydrogen-bond acceptors (Lipinski definition) is 4. The number of hydrogen-bond donors (Lipinski definition) is 0. The van der Waals surface area contributed by atoms with Crippen molar-refractivity contribution in [2.24, 2.45) is 0 Å². The maximum absolute atomic E-state index is 12.4. The largest absolute Gasteiger partial charge is 0.355 e. The van der Waals surface area contributed by atoms with Gasteiger partial charge in [0, 0.05) is 25.0 Å². The molecule has 1 aliphatic rings. The molecule has 1 amide bonds. The minimum Gasteiger partial charge on any atom is -0.355 e. The first kappa shape index (κ1) is 14.7. The van der Waals surface area contributed by atoms with Gasteiger partial charge in [0.05, 0.1) is 11.3 Å². The van der Waals surface area contributed by atoms with Gasteiger partial charge in [0.15, 0.2) is 0 Å². The number of amides is 1. The molecule has 0 radical (unpaired) electrons. The third kappa shape index (κ3) is 2.25. The van der Waals surface area contributed by atoms with Crippen LogP contribution in [-0.4, -0.2) is 42.7 Å². The minimum atomic E-state index is -0.629. The Labute approximate surface area is 124 Å². The normalized spacial score (nSPS) is 18.1. The van der Waals surface area contributed by atoms with Gasteiger partial charge >= 0.3 is 0 Å². The van der Waals surface area contributed by atoms with Gasteiger partial charge in [-0.25, -0.2) is 0 Å². The highest BCUT2D eigenvalue weighted by Gasteiger charge is 2.41. The predicted molar refractivity (Wildman–Crippen MR) is 82.0 cm³/mol. The van der Waals surface area contributed by atoms with E-state index in [0.717, 1.165) is 17.1 Å². The summed E-state index contributed by atoms with van der Waals surface area (Å²) in [4.78, 5) is 17.1. The third-order valence-corrected chi connectivity index (χ3v) is 4.61. The van der Waals surface area contributed by atoms with Gasteiger partial charge in [-0.1, -0.05) is 6.07 Å². The van der Waals surface area contributed by atoms with E-state index in [1.54, 1.807) is 16.7 Å². The van der Waals surface area contributed by atoms with Crippen LogP contribution in [0.25, 0.3) is 0 Å². The van der Waals surface area contributed by atoms with E-state index in [4.69, 9.17) is 0 Å².